The summed E-state index contributed by atoms with van der Waals surface area (Å²) in [6.45, 7) is 1.08. The molecule has 0 saturated heterocycles. The molecule has 6 heteroatoms. The molecular weight excluding hydrogens is 370 g/mol. The van der Waals surface area contributed by atoms with E-state index in [2.05, 4.69) is 5.32 Å². The van der Waals surface area contributed by atoms with Crippen molar-refractivity contribution in [3.05, 3.63) is 54.1 Å². The van der Waals surface area contributed by atoms with E-state index in [-0.39, 0.29) is 24.5 Å². The molecular formula is C23H25NO5. The van der Waals surface area contributed by atoms with Crippen LogP contribution in [-0.4, -0.2) is 30.5 Å². The Morgan fingerprint density at radius 1 is 0.897 bits per heavy atom. The van der Waals surface area contributed by atoms with Gasteiger partial charge in [-0.3, -0.25) is 9.59 Å². The molecule has 1 saturated carbocycles. The van der Waals surface area contributed by atoms with E-state index in [1.165, 1.54) is 13.3 Å². The Labute approximate surface area is 170 Å². The summed E-state index contributed by atoms with van der Waals surface area (Å²) in [5.74, 6) is -0.670. The Kier molecular flexibility index (Phi) is 7.00. The quantitative estimate of drug-likeness (QED) is 0.593. The van der Waals surface area contributed by atoms with Crippen LogP contribution in [0.5, 0.6) is 5.75 Å². The van der Waals surface area contributed by atoms with Gasteiger partial charge in [0.25, 0.3) is 5.91 Å². The van der Waals surface area contributed by atoms with Crippen LogP contribution >= 0.6 is 0 Å². The number of carbonyl (C=O) groups excluding carboxylic acids is 3. The Morgan fingerprint density at radius 2 is 1.48 bits per heavy atom. The third kappa shape index (κ3) is 6.17. The molecule has 1 aliphatic carbocycles. The molecule has 0 aromatic heterocycles. The van der Waals surface area contributed by atoms with Gasteiger partial charge in [-0.1, -0.05) is 43.5 Å². The van der Waals surface area contributed by atoms with Crippen molar-refractivity contribution >= 4 is 17.8 Å². The second-order valence-electron chi connectivity index (χ2n) is 7.17. The summed E-state index contributed by atoms with van der Waals surface area (Å²) >= 11 is 0. The monoisotopic (exact) mass is 395 g/mol. The first kappa shape index (κ1) is 20.6. The lowest BCUT2D eigenvalue weighted by atomic mass is 9.95. The molecule has 2 aromatic carbocycles. The summed E-state index contributed by atoms with van der Waals surface area (Å²) in [4.78, 5) is 35.1. The van der Waals surface area contributed by atoms with Crippen molar-refractivity contribution in [3.63, 3.8) is 0 Å². The van der Waals surface area contributed by atoms with Gasteiger partial charge in [0.1, 0.15) is 5.75 Å². The van der Waals surface area contributed by atoms with Crippen LogP contribution in [0.1, 0.15) is 49.4 Å². The van der Waals surface area contributed by atoms with Crippen LogP contribution in [0.4, 0.5) is 0 Å². The number of carbonyl (C=O) groups is 3. The lowest BCUT2D eigenvalue weighted by Crippen LogP contribution is -2.38. The number of esters is 2. The molecule has 0 heterocycles. The third-order valence-electron chi connectivity index (χ3n) is 4.87. The van der Waals surface area contributed by atoms with Crippen molar-refractivity contribution in [2.24, 2.45) is 0 Å². The number of ether oxygens (including phenoxy) is 2. The molecule has 1 amide bonds. The molecule has 1 N–H and O–H groups in total. The van der Waals surface area contributed by atoms with Crippen LogP contribution in [0.3, 0.4) is 0 Å². The molecule has 29 heavy (non-hydrogen) atoms. The van der Waals surface area contributed by atoms with Crippen molar-refractivity contribution < 1.29 is 23.9 Å². The van der Waals surface area contributed by atoms with E-state index in [9.17, 15) is 14.4 Å². The number of benzene rings is 2. The fraction of sp³-hybridized carbons (Fsp3) is 0.348. The SMILES string of the molecule is CC(=O)Oc1ccc(-c2ccc(C(=O)OCC(=O)NC3CCCCC3)cc2)cc1. The maximum Gasteiger partial charge on any atom is 0.338 e. The van der Waals surface area contributed by atoms with Crippen LogP contribution in [0.25, 0.3) is 11.1 Å². The highest BCUT2D eigenvalue weighted by molar-refractivity contribution is 5.92. The van der Waals surface area contributed by atoms with E-state index >= 15 is 0 Å². The zero-order valence-electron chi connectivity index (χ0n) is 16.5. The predicted molar refractivity (Wildman–Crippen MR) is 108 cm³/mol. The van der Waals surface area contributed by atoms with E-state index in [0.717, 1.165) is 36.8 Å². The van der Waals surface area contributed by atoms with Gasteiger partial charge in [-0.25, -0.2) is 4.79 Å². The highest BCUT2D eigenvalue weighted by Crippen LogP contribution is 2.23. The molecule has 0 bridgehead atoms. The van der Waals surface area contributed by atoms with Gasteiger partial charge < -0.3 is 14.8 Å². The zero-order valence-corrected chi connectivity index (χ0v) is 16.5. The fourth-order valence-electron chi connectivity index (χ4n) is 3.41. The molecule has 1 fully saturated rings. The molecule has 1 aliphatic rings. The molecule has 0 aliphatic heterocycles. The van der Waals surface area contributed by atoms with Crippen molar-refractivity contribution in [1.82, 2.24) is 5.32 Å². The maximum atomic E-state index is 12.2. The largest absolute Gasteiger partial charge is 0.452 e. The summed E-state index contributed by atoms with van der Waals surface area (Å²) in [6.07, 6.45) is 5.45. The van der Waals surface area contributed by atoms with Crippen LogP contribution < -0.4 is 10.1 Å². The molecule has 0 radical (unpaired) electrons. The van der Waals surface area contributed by atoms with Gasteiger partial charge in [0.15, 0.2) is 6.61 Å². The number of rotatable bonds is 6. The van der Waals surface area contributed by atoms with Gasteiger partial charge in [-0.2, -0.15) is 0 Å². The van der Waals surface area contributed by atoms with Gasteiger partial charge in [0.2, 0.25) is 0 Å². The summed E-state index contributed by atoms with van der Waals surface area (Å²) in [5, 5.41) is 2.93. The van der Waals surface area contributed by atoms with E-state index in [1.807, 2.05) is 12.1 Å². The van der Waals surface area contributed by atoms with Crippen molar-refractivity contribution in [2.45, 2.75) is 45.1 Å². The number of hydrogen-bond acceptors (Lipinski definition) is 5. The maximum absolute atomic E-state index is 12.2. The van der Waals surface area contributed by atoms with E-state index in [0.29, 0.717) is 11.3 Å². The second kappa shape index (κ2) is 9.87. The van der Waals surface area contributed by atoms with Crippen LogP contribution in [-0.2, 0) is 14.3 Å². The highest BCUT2D eigenvalue weighted by atomic mass is 16.5. The minimum absolute atomic E-state index is 0.196. The third-order valence-corrected chi connectivity index (χ3v) is 4.87. The smallest absolute Gasteiger partial charge is 0.338 e. The average molecular weight is 395 g/mol. The van der Waals surface area contributed by atoms with Gasteiger partial charge in [0.05, 0.1) is 5.56 Å². The second-order valence-corrected chi connectivity index (χ2v) is 7.17. The topological polar surface area (TPSA) is 81.7 Å². The number of hydrogen-bond donors (Lipinski definition) is 1. The summed E-state index contributed by atoms with van der Waals surface area (Å²) in [7, 11) is 0. The standard InChI is InChI=1S/C23H25NO5/c1-16(25)29-21-13-11-18(12-14-21)17-7-9-19(10-8-17)23(27)28-15-22(26)24-20-5-3-2-4-6-20/h7-14,20H,2-6,15H2,1H3,(H,24,26). The molecule has 152 valence electrons. The van der Waals surface area contributed by atoms with Crippen LogP contribution in [0.15, 0.2) is 48.5 Å². The highest BCUT2D eigenvalue weighted by Gasteiger charge is 2.17. The Hall–Kier alpha value is -3.15. The minimum Gasteiger partial charge on any atom is -0.452 e. The Bertz CT molecular complexity index is 852. The fourth-order valence-corrected chi connectivity index (χ4v) is 3.41. The molecule has 0 unspecified atom stereocenters. The lowest BCUT2D eigenvalue weighted by molar-refractivity contribution is -0.132. The summed E-state index contributed by atoms with van der Waals surface area (Å²) < 4.78 is 10.1. The van der Waals surface area contributed by atoms with Gasteiger partial charge in [0, 0.05) is 13.0 Å². The molecule has 3 rings (SSSR count). The van der Waals surface area contributed by atoms with E-state index in [4.69, 9.17) is 9.47 Å². The lowest BCUT2D eigenvalue weighted by Gasteiger charge is -2.22. The molecule has 0 atom stereocenters. The molecule has 2 aromatic rings. The zero-order chi connectivity index (χ0) is 20.6. The summed E-state index contributed by atoms with van der Waals surface area (Å²) in [6, 6.07) is 14.2. The van der Waals surface area contributed by atoms with Gasteiger partial charge in [-0.05, 0) is 48.2 Å². The van der Waals surface area contributed by atoms with E-state index in [1.54, 1.807) is 36.4 Å². The average Bonchev–Trinajstić information content (AvgIpc) is 2.73. The predicted octanol–water partition coefficient (Wildman–Crippen LogP) is 3.88. The number of amides is 1. The Balaban J connectivity index is 1.51. The Morgan fingerprint density at radius 3 is 2.07 bits per heavy atom. The van der Waals surface area contributed by atoms with Gasteiger partial charge >= 0.3 is 11.9 Å². The summed E-state index contributed by atoms with van der Waals surface area (Å²) in [5.41, 5.74) is 2.22. The first-order valence-corrected chi connectivity index (χ1v) is 9.86. The minimum atomic E-state index is -0.527. The molecule has 6 nitrogen and oxygen atoms in total. The van der Waals surface area contributed by atoms with Crippen molar-refractivity contribution in [1.29, 1.82) is 0 Å². The number of nitrogens with one attached hydrogen (secondary N) is 1. The first-order valence-electron chi connectivity index (χ1n) is 9.86. The van der Waals surface area contributed by atoms with Crippen molar-refractivity contribution in [2.75, 3.05) is 6.61 Å². The van der Waals surface area contributed by atoms with Crippen LogP contribution in [0, 0.1) is 0 Å². The van der Waals surface area contributed by atoms with Crippen LogP contribution in [0.2, 0.25) is 0 Å². The first-order chi connectivity index (χ1) is 14.0. The normalized spacial score (nSPS) is 14.1. The van der Waals surface area contributed by atoms with Gasteiger partial charge in [-0.15, -0.1) is 0 Å². The van der Waals surface area contributed by atoms with E-state index < -0.39 is 5.97 Å². The van der Waals surface area contributed by atoms with Crippen molar-refractivity contribution in [3.8, 4) is 16.9 Å². The molecule has 0 spiro atoms.